The lowest BCUT2D eigenvalue weighted by Gasteiger charge is -2.30. The Hall–Kier alpha value is -5.78. The minimum atomic E-state index is -1.51. The number of halogens is 1. The molecule has 3 aromatic heterocycles. The molecule has 5 rings (SSSR count). The highest BCUT2D eigenvalue weighted by molar-refractivity contribution is 5.95. The summed E-state index contributed by atoms with van der Waals surface area (Å²) in [6, 6.07) is -0.935. The van der Waals surface area contributed by atoms with Gasteiger partial charge in [-0.3, -0.25) is 19.1 Å². The number of hydrogen-bond acceptors (Lipinski definition) is 13. The molecule has 5 atom stereocenters. The van der Waals surface area contributed by atoms with Crippen LogP contribution in [0.1, 0.15) is 62.8 Å². The highest BCUT2D eigenvalue weighted by Crippen LogP contribution is 2.27. The van der Waals surface area contributed by atoms with Crippen molar-refractivity contribution in [1.82, 2.24) is 45.5 Å². The zero-order chi connectivity index (χ0) is 39.5. The lowest BCUT2D eigenvalue weighted by atomic mass is 9.89. The van der Waals surface area contributed by atoms with Crippen LogP contribution in [0.4, 0.5) is 10.3 Å². The molecular weight excluding hydrogens is 715 g/mol. The second kappa shape index (κ2) is 19.0. The Morgan fingerprint density at radius 1 is 1.18 bits per heavy atom. The van der Waals surface area contributed by atoms with Crippen LogP contribution >= 0.6 is 0 Å². The van der Waals surface area contributed by atoms with Crippen LogP contribution in [0.3, 0.4) is 0 Å². The van der Waals surface area contributed by atoms with Crippen molar-refractivity contribution in [2.24, 2.45) is 11.8 Å². The molecule has 55 heavy (non-hydrogen) atoms. The Bertz CT molecular complexity index is 1890. The first-order chi connectivity index (χ1) is 26.4. The van der Waals surface area contributed by atoms with Crippen molar-refractivity contribution in [1.29, 1.82) is 0 Å². The minimum Gasteiger partial charge on any atom is -0.460 e. The molecule has 2 aliphatic heterocycles. The third kappa shape index (κ3) is 11.6. The number of nitrogens with one attached hydrogen (secondary N) is 2. The van der Waals surface area contributed by atoms with Crippen LogP contribution in [0.5, 0.6) is 0 Å². The fourth-order valence-corrected chi connectivity index (χ4v) is 6.37. The Balaban J connectivity index is 1.32. The maximum absolute atomic E-state index is 14.8. The average molecular weight is 763 g/mol. The van der Waals surface area contributed by atoms with Crippen molar-refractivity contribution >= 4 is 29.6 Å². The van der Waals surface area contributed by atoms with Crippen molar-refractivity contribution in [3.05, 3.63) is 72.4 Å². The molecule has 2 bridgehead atoms. The van der Waals surface area contributed by atoms with Gasteiger partial charge in [0.25, 0.3) is 5.91 Å². The molecule has 0 spiro atoms. The molecule has 3 amide bonds. The van der Waals surface area contributed by atoms with Gasteiger partial charge in [-0.15, -0.1) is 5.10 Å². The molecule has 0 saturated carbocycles. The van der Waals surface area contributed by atoms with Gasteiger partial charge in [0.15, 0.2) is 11.6 Å². The predicted octanol–water partition coefficient (Wildman–Crippen LogP) is 2.12. The molecule has 0 radical (unpaired) electrons. The second-order valence-corrected chi connectivity index (χ2v) is 13.9. The summed E-state index contributed by atoms with van der Waals surface area (Å²) < 4.78 is 27.9. The maximum atomic E-state index is 14.8. The van der Waals surface area contributed by atoms with Gasteiger partial charge in [-0.1, -0.05) is 48.9 Å². The molecule has 3 aromatic rings. The monoisotopic (exact) mass is 762 g/mol. The Morgan fingerprint density at radius 3 is 2.73 bits per heavy atom. The summed E-state index contributed by atoms with van der Waals surface area (Å²) in [5.74, 6) is -2.92. The zero-order valence-electron chi connectivity index (χ0n) is 31.0. The number of fused-ring (bicyclic) bond motifs is 3. The molecule has 18 heteroatoms. The molecule has 0 aromatic carbocycles. The number of carbonyl (C=O) groups is 4. The van der Waals surface area contributed by atoms with Gasteiger partial charge in [-0.05, 0) is 31.8 Å². The summed E-state index contributed by atoms with van der Waals surface area (Å²) in [6.45, 7) is 6.32. The lowest BCUT2D eigenvalue weighted by Crippen LogP contribution is -2.44. The van der Waals surface area contributed by atoms with E-state index in [0.717, 1.165) is 6.26 Å². The lowest BCUT2D eigenvalue weighted by molar-refractivity contribution is -0.159. The number of ether oxygens (including phenoxy) is 1. The SMILES string of the molecule is CC1=C\[C@@H](O)C[C@@H](F)Cc2nc(co2)C(=O)N2CCC[C@@H]2C(=O)O[C@H](C(C)C)[C@H](CC(=O)NCCn2cc(-c3cnc(N)nc3)nn2)/C=C/C(=O)NC\C=C\1. The second-order valence-electron chi connectivity index (χ2n) is 13.9. The number of nitrogens with zero attached hydrogens (tertiary/aromatic N) is 7. The Labute approximate surface area is 317 Å². The van der Waals surface area contributed by atoms with Crippen LogP contribution in [0.25, 0.3) is 11.3 Å². The van der Waals surface area contributed by atoms with Gasteiger partial charge in [0.2, 0.25) is 17.8 Å². The highest BCUT2D eigenvalue weighted by atomic mass is 19.1. The number of hydrogen-bond donors (Lipinski definition) is 4. The number of anilines is 1. The van der Waals surface area contributed by atoms with Gasteiger partial charge in [0.05, 0.1) is 25.3 Å². The number of cyclic esters (lactones) is 1. The molecular formula is C37H47FN10O7. The van der Waals surface area contributed by atoms with Crippen LogP contribution in [0, 0.1) is 11.8 Å². The fraction of sp³-hybridized carbons (Fsp3) is 0.486. The molecule has 5 N–H and O–H groups in total. The molecule has 0 unspecified atom stereocenters. The number of carbonyl (C=O) groups excluding carboxylic acids is 4. The van der Waals surface area contributed by atoms with Gasteiger partial charge in [0.1, 0.15) is 30.3 Å². The van der Waals surface area contributed by atoms with Crippen molar-refractivity contribution in [3.63, 3.8) is 0 Å². The number of oxazole rings is 1. The number of alkyl halides is 1. The normalized spacial score (nSPS) is 25.3. The molecule has 1 fully saturated rings. The van der Waals surface area contributed by atoms with E-state index in [1.165, 1.54) is 29.4 Å². The standard InChI is InChI=1S/C37H47FN10O7/c1-22(2)34-24(15-32(51)41-11-13-47-20-28(45-46-47)25-18-42-37(39)43-19-25)8-9-31(50)40-10-4-6-23(3)14-27(49)16-26(38)17-33-44-29(21-54-33)35(52)48-12-5-7-30(48)36(53)55-34/h4,6,8-9,14,18-22,24,26-27,30,34,49H,5,7,10-13,15-17H2,1-3H3,(H,40,50)(H,41,51)(H2,39,42,43)/b6-4+,9-8+,23-14+/t24-,26+,27+,30+,34+/m0/s1. The first kappa shape index (κ1) is 40.4. The van der Waals surface area contributed by atoms with Crippen molar-refractivity contribution in [2.45, 2.75) is 83.8 Å². The summed E-state index contributed by atoms with van der Waals surface area (Å²) in [4.78, 5) is 66.9. The maximum Gasteiger partial charge on any atom is 0.329 e. The Morgan fingerprint density at radius 2 is 1.96 bits per heavy atom. The number of esters is 1. The number of nitrogens with two attached hydrogens (primary N) is 1. The van der Waals surface area contributed by atoms with Gasteiger partial charge < -0.3 is 35.5 Å². The van der Waals surface area contributed by atoms with Crippen molar-refractivity contribution < 1.29 is 37.8 Å². The molecule has 1 saturated heterocycles. The largest absolute Gasteiger partial charge is 0.460 e. The minimum absolute atomic E-state index is 0.0109. The van der Waals surface area contributed by atoms with E-state index in [4.69, 9.17) is 14.9 Å². The van der Waals surface area contributed by atoms with Gasteiger partial charge in [-0.2, -0.15) is 0 Å². The molecule has 5 heterocycles. The summed E-state index contributed by atoms with van der Waals surface area (Å²) in [5.41, 5.74) is 7.30. The molecule has 17 nitrogen and oxygen atoms in total. The van der Waals surface area contributed by atoms with E-state index >= 15 is 0 Å². The number of nitrogen functional groups attached to an aromatic ring is 1. The number of amides is 3. The molecule has 0 aliphatic carbocycles. The fourth-order valence-electron chi connectivity index (χ4n) is 6.37. The summed E-state index contributed by atoms with van der Waals surface area (Å²) in [5, 5.41) is 24.2. The van der Waals surface area contributed by atoms with E-state index in [2.05, 4.69) is 35.9 Å². The number of allylic oxidation sites excluding steroid dienone is 2. The van der Waals surface area contributed by atoms with E-state index < -0.39 is 48.1 Å². The van der Waals surface area contributed by atoms with Crippen molar-refractivity contribution in [2.75, 3.05) is 25.4 Å². The first-order valence-electron chi connectivity index (χ1n) is 18.2. The van der Waals surface area contributed by atoms with Crippen LogP contribution < -0.4 is 16.4 Å². The topological polar surface area (TPSA) is 234 Å². The van der Waals surface area contributed by atoms with Gasteiger partial charge in [0, 0.05) is 56.4 Å². The smallest absolute Gasteiger partial charge is 0.329 e. The summed E-state index contributed by atoms with van der Waals surface area (Å²) in [6.07, 6.45) is 10.4. The predicted molar refractivity (Wildman–Crippen MR) is 196 cm³/mol. The van der Waals surface area contributed by atoms with E-state index in [9.17, 15) is 28.7 Å². The van der Waals surface area contributed by atoms with Crippen LogP contribution in [0.15, 0.2) is 65.2 Å². The molecule has 294 valence electrons. The number of aromatic nitrogens is 6. The highest BCUT2D eigenvalue weighted by Gasteiger charge is 2.39. The van der Waals surface area contributed by atoms with Gasteiger partial charge in [-0.25, -0.2) is 24.1 Å². The average Bonchev–Trinajstić information content (AvgIpc) is 3.92. The Kier molecular flexibility index (Phi) is 14.0. The van der Waals surface area contributed by atoms with E-state index in [1.807, 2.05) is 13.8 Å². The number of aliphatic hydroxyl groups is 1. The van der Waals surface area contributed by atoms with E-state index in [0.29, 0.717) is 36.2 Å². The van der Waals surface area contributed by atoms with Gasteiger partial charge >= 0.3 is 5.97 Å². The summed E-state index contributed by atoms with van der Waals surface area (Å²) >= 11 is 0. The summed E-state index contributed by atoms with van der Waals surface area (Å²) in [7, 11) is 0. The van der Waals surface area contributed by atoms with Crippen LogP contribution in [0.2, 0.25) is 0 Å². The van der Waals surface area contributed by atoms with Crippen LogP contribution in [-0.4, -0.2) is 108 Å². The number of rotatable bonds is 7. The van der Waals surface area contributed by atoms with E-state index in [1.54, 1.807) is 36.0 Å². The third-order valence-electron chi connectivity index (χ3n) is 9.10. The molecule has 2 aliphatic rings. The quantitative estimate of drug-likeness (QED) is 0.253. The van der Waals surface area contributed by atoms with Crippen LogP contribution in [-0.2, 0) is 32.1 Å². The first-order valence-corrected chi connectivity index (χ1v) is 18.2. The van der Waals surface area contributed by atoms with E-state index in [-0.39, 0.29) is 68.3 Å². The zero-order valence-corrected chi connectivity index (χ0v) is 31.0. The number of aliphatic hydroxyl groups excluding tert-OH is 1. The van der Waals surface area contributed by atoms with Crippen molar-refractivity contribution in [3.8, 4) is 11.3 Å². The third-order valence-corrected chi connectivity index (χ3v) is 9.10.